The van der Waals surface area contributed by atoms with Gasteiger partial charge in [-0.05, 0) is 80.7 Å². The summed E-state index contributed by atoms with van der Waals surface area (Å²) in [5.41, 5.74) is 18.6. The highest BCUT2D eigenvalue weighted by Crippen LogP contribution is 2.25. The predicted molar refractivity (Wildman–Crippen MR) is 371 cm³/mol. The van der Waals surface area contributed by atoms with E-state index in [1.165, 1.54) is 24.3 Å². The lowest BCUT2D eigenvalue weighted by Gasteiger charge is -2.30. The quantitative estimate of drug-likeness (QED) is 0.0365. The van der Waals surface area contributed by atoms with E-state index in [9.17, 15) is 82.4 Å². The molecule has 2 aliphatic rings. The van der Waals surface area contributed by atoms with Gasteiger partial charge in [0.1, 0.15) is 66.5 Å². The van der Waals surface area contributed by atoms with Crippen LogP contribution in [-0.2, 0) is 80.0 Å². The molecule has 0 spiro atoms. The number of aliphatic hydroxyl groups is 1. The second kappa shape index (κ2) is 42.2. The minimum Gasteiger partial charge on any atom is -0.481 e. The zero-order chi connectivity index (χ0) is 75.2. The Morgan fingerprint density at radius 2 is 1.29 bits per heavy atom. The maximum absolute atomic E-state index is 14.9. The van der Waals surface area contributed by atoms with Crippen LogP contribution in [0.5, 0.6) is 0 Å². The molecule has 0 bridgehead atoms. The molecule has 0 saturated carbocycles. The van der Waals surface area contributed by atoms with Crippen molar-refractivity contribution in [2.24, 2.45) is 45.9 Å². The fourth-order valence-corrected chi connectivity index (χ4v) is 12.1. The molecule has 0 aliphatic carbocycles. The number of imidazole rings is 1. The number of aliphatic hydroxyl groups excluding tert-OH is 1. The molecule has 12 amide bonds. The summed E-state index contributed by atoms with van der Waals surface area (Å²) in [5.74, 6) is -16.7. The molecule has 0 radical (unpaired) electrons. The maximum Gasteiger partial charge on any atom is 0.335 e. The molecule has 3 heterocycles. The number of hydrogen-bond acceptors (Lipinski definition) is 20. The highest BCUT2D eigenvalue weighted by Gasteiger charge is 2.41. The molecule has 21 N–H and O–H groups in total. The van der Waals surface area contributed by atoms with Gasteiger partial charge in [-0.15, -0.1) is 11.8 Å². The van der Waals surface area contributed by atoms with E-state index >= 15 is 0 Å². The Kier molecular flexibility index (Phi) is 35.3. The van der Waals surface area contributed by atoms with E-state index in [4.69, 9.17) is 17.2 Å². The van der Waals surface area contributed by atoms with Gasteiger partial charge in [-0.3, -0.25) is 67.3 Å². The molecule has 35 heteroatoms. The van der Waals surface area contributed by atoms with Gasteiger partial charge in [0, 0.05) is 43.5 Å². The van der Waals surface area contributed by atoms with Crippen LogP contribution in [0.3, 0.4) is 0 Å². The second-order valence-corrected chi connectivity index (χ2v) is 27.1. The average Bonchev–Trinajstić information content (AvgIpc) is 1.81. The molecule has 4 rings (SSSR count). The highest BCUT2D eigenvalue weighted by atomic mass is 32.2. The van der Waals surface area contributed by atoms with Crippen LogP contribution in [0.4, 0.5) is 0 Å². The molecule has 560 valence electrons. The monoisotopic (exact) mass is 1440 g/mol. The number of aliphatic imine (C=N–C) groups is 1. The van der Waals surface area contributed by atoms with Crippen LogP contribution in [0.1, 0.15) is 144 Å². The van der Waals surface area contributed by atoms with E-state index in [1.54, 1.807) is 71.9 Å². The summed E-state index contributed by atoms with van der Waals surface area (Å²) in [7, 11) is 0. The standard InChI is InChI=1S/C66H103N17O17S/c1-9-34(6)49(69)65-80-46(31-101-65)61(95)76-42(26-33(4)5)58(92)74-41(22-23-48(85)86)57(91)82-50(35(7)10-2)62(96)75-39-20-15-16-25-71-54(88)45(29-47(68)84)79-64(98)52(53(87)66(99)100)83-60(94)44(28-38-30-70-32-72-38)77-59(93)43(27-37-18-13-12-14-19-37)78-63(97)51(36(8)11-3)81-56(90)40(21-17-24-67)73-55(39)89/h12-14,18-19,30,32-36,39-46,49-53,87H,9-11,15-17,20-29,31,67,69H2,1-8H3,(H2,68,84)(H,70,72)(H,71,88)(H,73,89)(H,74,92)(H,75,96)(H,76,95)(H,77,93)(H,78,97)(H,79,98)(H,81,90)(H,82,91)(H,83,94)(H,85,86)(H,99,100)/t34-,35-,36-,39-,40+,41+,42-,43+,44-,45-,46-,49-,50-,51-,52+,53?/m0/s1. The molecule has 1 unspecified atom stereocenters. The van der Waals surface area contributed by atoms with E-state index in [2.05, 4.69) is 73.4 Å². The number of H-pyrrole nitrogens is 1. The molecule has 1 aromatic heterocycles. The fourth-order valence-electron chi connectivity index (χ4n) is 10.9. The molecule has 1 aromatic carbocycles. The topological polar surface area (TPSA) is 551 Å². The second-order valence-electron chi connectivity index (χ2n) is 26.1. The number of carbonyl (C=O) groups is 14. The molecular formula is C66H103N17O17S. The lowest BCUT2D eigenvalue weighted by atomic mass is 9.96. The van der Waals surface area contributed by atoms with Gasteiger partial charge in [0.2, 0.25) is 70.9 Å². The number of aliphatic carboxylic acids is 2. The Bertz CT molecular complexity index is 3200. The van der Waals surface area contributed by atoms with Gasteiger partial charge in [-0.2, -0.15) is 0 Å². The van der Waals surface area contributed by atoms with E-state index < -0.39 is 199 Å². The number of benzene rings is 1. The summed E-state index contributed by atoms with van der Waals surface area (Å²) in [5, 5.41) is 59.4. The van der Waals surface area contributed by atoms with E-state index in [-0.39, 0.29) is 94.2 Å². The Labute approximate surface area is 590 Å². The smallest absolute Gasteiger partial charge is 0.335 e. The third kappa shape index (κ3) is 27.4. The van der Waals surface area contributed by atoms with E-state index in [1.807, 2.05) is 13.8 Å². The number of nitrogens with one attached hydrogen (secondary N) is 12. The summed E-state index contributed by atoms with van der Waals surface area (Å²) in [6.45, 7) is 14.0. The Morgan fingerprint density at radius 3 is 1.89 bits per heavy atom. The van der Waals surface area contributed by atoms with E-state index in [0.717, 1.165) is 6.42 Å². The number of rotatable bonds is 31. The molecule has 1 saturated heterocycles. The van der Waals surface area contributed by atoms with Crippen LogP contribution in [0, 0.1) is 23.7 Å². The fraction of sp³-hybridized carbons (Fsp3) is 0.636. The van der Waals surface area contributed by atoms with Gasteiger partial charge in [0.05, 0.1) is 23.8 Å². The Balaban J connectivity index is 1.78. The SMILES string of the molecule is CC[C@H](C)[C@H](N)C1=N[C@H](C(=O)N[C@@H](CC(C)C)C(=O)N[C@H](CCC(=O)O)C(=O)N[C@H](C(=O)N[C@H]2CCCCNC(=O)[C@H](CC(N)=O)NC(=O)[C@@H](C(O)C(=O)O)NC(=O)[C@H](Cc3cnc[nH]3)NC(=O)[C@@H](Cc3ccccc3)NC(=O)[C@H]([C@@H](C)CC)NC(=O)[C@@H](CCCN)NC2=O)[C@@H](C)CC)CS1. The van der Waals surface area contributed by atoms with Gasteiger partial charge in [-0.1, -0.05) is 105 Å². The lowest BCUT2D eigenvalue weighted by molar-refractivity contribution is -0.152. The summed E-state index contributed by atoms with van der Waals surface area (Å²) in [6, 6.07) is -9.37. The summed E-state index contributed by atoms with van der Waals surface area (Å²) >= 11 is 1.34. The van der Waals surface area contributed by atoms with Crippen molar-refractivity contribution < 1.29 is 82.4 Å². The van der Waals surface area contributed by atoms with Crippen molar-refractivity contribution in [2.75, 3.05) is 18.8 Å². The number of amides is 12. The molecule has 1 fully saturated rings. The molecule has 16 atom stereocenters. The van der Waals surface area contributed by atoms with E-state index in [0.29, 0.717) is 10.6 Å². The normalized spacial score (nSPS) is 23.4. The van der Waals surface area contributed by atoms with Crippen LogP contribution in [-0.4, -0.2) is 211 Å². The number of aromatic amines is 1. The van der Waals surface area contributed by atoms with Crippen molar-refractivity contribution in [3.63, 3.8) is 0 Å². The number of thioether (sulfide) groups is 1. The van der Waals surface area contributed by atoms with Crippen LogP contribution >= 0.6 is 11.8 Å². The molecule has 34 nitrogen and oxygen atoms in total. The third-order valence-corrected chi connectivity index (χ3v) is 18.8. The van der Waals surface area contributed by atoms with Crippen molar-refractivity contribution in [3.8, 4) is 0 Å². The third-order valence-electron chi connectivity index (χ3n) is 17.6. The van der Waals surface area contributed by atoms with Crippen molar-refractivity contribution >= 4 is 99.6 Å². The number of nitrogens with zero attached hydrogens (tertiary/aromatic N) is 2. The minimum atomic E-state index is -2.72. The summed E-state index contributed by atoms with van der Waals surface area (Å²) in [4.78, 5) is 207. The van der Waals surface area contributed by atoms with Crippen LogP contribution in [0.25, 0.3) is 0 Å². The number of primary amides is 1. The van der Waals surface area contributed by atoms with Gasteiger partial charge in [0.25, 0.3) is 0 Å². The zero-order valence-corrected chi connectivity index (χ0v) is 59.3. The molecular weight excluding hydrogens is 1330 g/mol. The van der Waals surface area contributed by atoms with Gasteiger partial charge in [0.15, 0.2) is 6.10 Å². The number of nitrogens with two attached hydrogens (primary N) is 3. The number of carboxylic acid groups (broad SMARTS) is 2. The highest BCUT2D eigenvalue weighted by molar-refractivity contribution is 8.14. The first kappa shape index (κ1) is 84.3. The van der Waals surface area contributed by atoms with Crippen molar-refractivity contribution in [1.29, 1.82) is 0 Å². The largest absolute Gasteiger partial charge is 0.481 e. The summed E-state index contributed by atoms with van der Waals surface area (Å²) in [6.07, 6.45) is -1.79. The Hall–Kier alpha value is -9.09. The predicted octanol–water partition coefficient (Wildman–Crippen LogP) is -2.71. The van der Waals surface area contributed by atoms with Crippen LogP contribution in [0.2, 0.25) is 0 Å². The molecule has 2 aliphatic heterocycles. The first-order chi connectivity index (χ1) is 47.8. The number of carbonyl (C=O) groups excluding carboxylic acids is 12. The first-order valence-corrected chi connectivity index (χ1v) is 35.2. The van der Waals surface area contributed by atoms with Gasteiger partial charge < -0.3 is 96.0 Å². The molecule has 101 heavy (non-hydrogen) atoms. The first-order valence-electron chi connectivity index (χ1n) is 34.2. The number of hydrogen-bond donors (Lipinski definition) is 18. The zero-order valence-electron chi connectivity index (χ0n) is 58.5. The summed E-state index contributed by atoms with van der Waals surface area (Å²) < 4.78 is 0. The lowest BCUT2D eigenvalue weighted by Crippen LogP contribution is -2.63. The minimum absolute atomic E-state index is 0.0161. The average molecular weight is 1440 g/mol. The van der Waals surface area contributed by atoms with Crippen LogP contribution in [0.15, 0.2) is 47.8 Å². The Morgan fingerprint density at radius 1 is 0.683 bits per heavy atom. The maximum atomic E-state index is 14.9. The molecule has 2 aromatic rings. The number of carboxylic acids is 2. The number of aromatic nitrogens is 2. The van der Waals surface area contributed by atoms with Crippen molar-refractivity contribution in [2.45, 2.75) is 224 Å². The van der Waals surface area contributed by atoms with Crippen molar-refractivity contribution in [3.05, 3.63) is 54.1 Å². The van der Waals surface area contributed by atoms with Gasteiger partial charge in [-0.25, -0.2) is 9.78 Å². The van der Waals surface area contributed by atoms with Crippen molar-refractivity contribution in [1.82, 2.24) is 68.5 Å². The van der Waals surface area contributed by atoms with Gasteiger partial charge >= 0.3 is 11.9 Å². The van der Waals surface area contributed by atoms with Crippen LogP contribution < -0.4 is 75.7 Å².